The van der Waals surface area contributed by atoms with E-state index >= 15 is 0 Å². The minimum atomic E-state index is -1.19. The molecule has 0 unspecified atom stereocenters. The Morgan fingerprint density at radius 2 is 1.79 bits per heavy atom. The predicted octanol–water partition coefficient (Wildman–Crippen LogP) is 1.06. The average Bonchev–Trinajstić information content (AvgIpc) is 2.92. The number of rotatable bonds is 4. The van der Waals surface area contributed by atoms with Crippen molar-refractivity contribution in [3.8, 4) is 0 Å². The molecular weight excluding hydrogens is 184 g/mol. The number of hydrogen-bond donors (Lipinski definition) is 0. The molecular formula is C10H14O4. The number of methoxy groups -OCH3 is 2. The fourth-order valence-electron chi connectivity index (χ4n) is 1.55. The molecule has 0 radical (unpaired) electrons. The molecule has 0 spiro atoms. The van der Waals surface area contributed by atoms with Gasteiger partial charge in [-0.1, -0.05) is 19.4 Å². The van der Waals surface area contributed by atoms with Crippen LogP contribution in [0.4, 0.5) is 0 Å². The average molecular weight is 198 g/mol. The Morgan fingerprint density at radius 1 is 1.29 bits per heavy atom. The molecule has 78 valence electrons. The van der Waals surface area contributed by atoms with Gasteiger partial charge in [0.15, 0.2) is 0 Å². The molecule has 1 aliphatic rings. The highest BCUT2D eigenvalue weighted by atomic mass is 16.5. The van der Waals surface area contributed by atoms with Crippen molar-refractivity contribution in [1.82, 2.24) is 0 Å². The van der Waals surface area contributed by atoms with E-state index in [0.717, 1.165) is 18.4 Å². The van der Waals surface area contributed by atoms with E-state index in [2.05, 4.69) is 9.47 Å². The van der Waals surface area contributed by atoms with E-state index in [1.54, 1.807) is 6.08 Å². The van der Waals surface area contributed by atoms with E-state index in [1.165, 1.54) is 14.2 Å². The Morgan fingerprint density at radius 3 is 2.14 bits per heavy atom. The number of hydrogen-bond acceptors (Lipinski definition) is 4. The summed E-state index contributed by atoms with van der Waals surface area (Å²) in [5.41, 5.74) is -0.391. The fraction of sp³-hybridized carbons (Fsp3) is 0.600. The van der Waals surface area contributed by atoms with Gasteiger partial charge < -0.3 is 9.47 Å². The summed E-state index contributed by atoms with van der Waals surface area (Å²) >= 11 is 0. The monoisotopic (exact) mass is 198 g/mol. The van der Waals surface area contributed by atoms with Gasteiger partial charge in [-0.2, -0.15) is 0 Å². The van der Waals surface area contributed by atoms with Crippen molar-refractivity contribution < 1.29 is 19.1 Å². The second-order valence-electron chi connectivity index (χ2n) is 3.21. The largest absolute Gasteiger partial charge is 0.468 e. The van der Waals surface area contributed by atoms with E-state index in [4.69, 9.17) is 0 Å². The molecule has 1 aliphatic carbocycles. The van der Waals surface area contributed by atoms with Gasteiger partial charge in [0.2, 0.25) is 5.41 Å². The third kappa shape index (κ3) is 1.41. The first-order valence-electron chi connectivity index (χ1n) is 4.52. The highest BCUT2D eigenvalue weighted by Crippen LogP contribution is 2.48. The molecule has 0 bridgehead atoms. The predicted molar refractivity (Wildman–Crippen MR) is 49.5 cm³/mol. The Labute approximate surface area is 82.9 Å². The van der Waals surface area contributed by atoms with Gasteiger partial charge in [-0.3, -0.25) is 9.59 Å². The Balaban J connectivity index is 2.77. The molecule has 4 heteroatoms. The quantitative estimate of drug-likeness (QED) is 0.385. The van der Waals surface area contributed by atoms with Gasteiger partial charge >= 0.3 is 11.9 Å². The first-order chi connectivity index (χ1) is 6.63. The maximum absolute atomic E-state index is 11.4. The molecule has 0 fully saturated rings. The minimum Gasteiger partial charge on any atom is -0.468 e. The van der Waals surface area contributed by atoms with Gasteiger partial charge in [0, 0.05) is 0 Å². The van der Waals surface area contributed by atoms with Crippen molar-refractivity contribution in [2.24, 2.45) is 5.41 Å². The van der Waals surface area contributed by atoms with E-state index in [9.17, 15) is 9.59 Å². The normalized spacial score (nSPS) is 16.9. The van der Waals surface area contributed by atoms with Crippen molar-refractivity contribution in [1.29, 1.82) is 0 Å². The SMILES string of the molecule is CCCC1=CC1(C(=O)OC)C(=O)OC. The summed E-state index contributed by atoms with van der Waals surface area (Å²) in [4.78, 5) is 22.8. The van der Waals surface area contributed by atoms with Crippen LogP contribution in [-0.4, -0.2) is 26.2 Å². The number of ether oxygens (including phenoxy) is 2. The molecule has 0 saturated carbocycles. The summed E-state index contributed by atoms with van der Waals surface area (Å²) in [5.74, 6) is -1.10. The van der Waals surface area contributed by atoms with Gasteiger partial charge in [-0.25, -0.2) is 0 Å². The van der Waals surface area contributed by atoms with E-state index in [0.29, 0.717) is 0 Å². The van der Waals surface area contributed by atoms with Crippen LogP contribution in [0.1, 0.15) is 19.8 Å². The molecule has 0 N–H and O–H groups in total. The second-order valence-corrected chi connectivity index (χ2v) is 3.21. The third-order valence-corrected chi connectivity index (χ3v) is 2.35. The van der Waals surface area contributed by atoms with Crippen molar-refractivity contribution in [3.05, 3.63) is 11.6 Å². The molecule has 0 amide bonds. The molecule has 0 heterocycles. The Hall–Kier alpha value is -1.32. The van der Waals surface area contributed by atoms with Crippen LogP contribution < -0.4 is 0 Å². The lowest BCUT2D eigenvalue weighted by Crippen LogP contribution is -2.31. The first kappa shape index (κ1) is 10.8. The third-order valence-electron chi connectivity index (χ3n) is 2.35. The van der Waals surface area contributed by atoms with E-state index in [-0.39, 0.29) is 0 Å². The lowest BCUT2D eigenvalue weighted by molar-refractivity contribution is -0.159. The zero-order chi connectivity index (χ0) is 10.8. The lowest BCUT2D eigenvalue weighted by Gasteiger charge is -2.12. The Bertz CT molecular complexity index is 274. The minimum absolute atomic E-state index is 0.548. The highest BCUT2D eigenvalue weighted by Gasteiger charge is 2.59. The van der Waals surface area contributed by atoms with Crippen LogP contribution in [0.3, 0.4) is 0 Å². The van der Waals surface area contributed by atoms with Crippen LogP contribution in [0.15, 0.2) is 11.6 Å². The highest BCUT2D eigenvalue weighted by molar-refractivity contribution is 6.10. The van der Waals surface area contributed by atoms with Gasteiger partial charge in [0.25, 0.3) is 0 Å². The molecule has 14 heavy (non-hydrogen) atoms. The van der Waals surface area contributed by atoms with Gasteiger partial charge in [0.05, 0.1) is 14.2 Å². The molecule has 1 rings (SSSR count). The molecule has 0 atom stereocenters. The van der Waals surface area contributed by atoms with Crippen LogP contribution in [0, 0.1) is 5.41 Å². The van der Waals surface area contributed by atoms with Crippen molar-refractivity contribution in [3.63, 3.8) is 0 Å². The summed E-state index contributed by atoms with van der Waals surface area (Å²) in [5, 5.41) is 0. The molecule has 0 aromatic carbocycles. The molecule has 0 aliphatic heterocycles. The van der Waals surface area contributed by atoms with Crippen molar-refractivity contribution >= 4 is 11.9 Å². The van der Waals surface area contributed by atoms with Crippen molar-refractivity contribution in [2.45, 2.75) is 19.8 Å². The summed E-state index contributed by atoms with van der Waals surface area (Å²) < 4.78 is 9.17. The molecule has 0 saturated heterocycles. The standard InChI is InChI=1S/C10H14O4/c1-4-5-7-6-10(7,8(11)13-2)9(12)14-3/h6H,4-5H2,1-3H3. The summed E-state index contributed by atoms with van der Waals surface area (Å²) in [6.45, 7) is 1.98. The molecule has 0 aromatic heterocycles. The van der Waals surface area contributed by atoms with Crippen LogP contribution in [0.25, 0.3) is 0 Å². The Kier molecular flexibility index (Phi) is 2.93. The first-order valence-corrected chi connectivity index (χ1v) is 4.52. The molecule has 4 nitrogen and oxygen atoms in total. The number of carbonyl (C=O) groups excluding carboxylic acids is 2. The maximum atomic E-state index is 11.4. The van der Waals surface area contributed by atoms with Crippen LogP contribution in [-0.2, 0) is 19.1 Å². The summed E-state index contributed by atoms with van der Waals surface area (Å²) in [6.07, 6.45) is 3.24. The summed E-state index contributed by atoms with van der Waals surface area (Å²) in [7, 11) is 2.53. The maximum Gasteiger partial charge on any atom is 0.331 e. The van der Waals surface area contributed by atoms with E-state index in [1.807, 2.05) is 6.92 Å². The number of carbonyl (C=O) groups is 2. The topological polar surface area (TPSA) is 52.6 Å². The molecule has 0 aromatic rings. The van der Waals surface area contributed by atoms with Gasteiger partial charge in [0.1, 0.15) is 0 Å². The van der Waals surface area contributed by atoms with Crippen LogP contribution in [0.5, 0.6) is 0 Å². The van der Waals surface area contributed by atoms with E-state index < -0.39 is 17.4 Å². The smallest absolute Gasteiger partial charge is 0.331 e. The van der Waals surface area contributed by atoms with Crippen LogP contribution in [0.2, 0.25) is 0 Å². The zero-order valence-corrected chi connectivity index (χ0v) is 8.62. The van der Waals surface area contributed by atoms with Gasteiger partial charge in [-0.15, -0.1) is 0 Å². The fourth-order valence-corrected chi connectivity index (χ4v) is 1.55. The lowest BCUT2D eigenvalue weighted by atomic mass is 9.98. The van der Waals surface area contributed by atoms with Crippen LogP contribution >= 0.6 is 0 Å². The zero-order valence-electron chi connectivity index (χ0n) is 8.62. The van der Waals surface area contributed by atoms with Crippen molar-refractivity contribution in [2.75, 3.05) is 14.2 Å². The van der Waals surface area contributed by atoms with Gasteiger partial charge in [-0.05, 0) is 12.0 Å². The summed E-state index contributed by atoms with van der Waals surface area (Å²) in [6, 6.07) is 0. The second kappa shape index (κ2) is 3.82. The number of esters is 2.